The average molecular weight is 391 g/mol. The molecule has 4 aliphatic carbocycles. The first-order valence-electron chi connectivity index (χ1n) is 11.2. The van der Waals surface area contributed by atoms with Crippen LogP contribution in [0.2, 0.25) is 0 Å². The number of fused-ring (bicyclic) bond motifs is 6. The fourth-order valence-electron chi connectivity index (χ4n) is 8.18. The summed E-state index contributed by atoms with van der Waals surface area (Å²) in [6.45, 7) is 7.73. The van der Waals surface area contributed by atoms with E-state index in [0.29, 0.717) is 35.4 Å². The van der Waals surface area contributed by atoms with E-state index in [1.807, 2.05) is 0 Å². The van der Waals surface area contributed by atoms with Gasteiger partial charge in [0.2, 0.25) is 0 Å². The Morgan fingerprint density at radius 1 is 0.893 bits per heavy atom. The lowest BCUT2D eigenvalue weighted by atomic mass is 9.45. The summed E-state index contributed by atoms with van der Waals surface area (Å²) in [5.41, 5.74) is 0.280. The van der Waals surface area contributed by atoms with Crippen LogP contribution in [-0.4, -0.2) is 36.4 Å². The van der Waals surface area contributed by atoms with Crippen molar-refractivity contribution in [3.8, 4) is 0 Å². The fraction of sp³-hybridized carbons (Fsp3) is 0.913. The molecule has 5 rings (SSSR count). The van der Waals surface area contributed by atoms with Crippen LogP contribution in [0.1, 0.15) is 72.6 Å². The Bertz CT molecular complexity index is 690. The Kier molecular flexibility index (Phi) is 4.18. The summed E-state index contributed by atoms with van der Waals surface area (Å²) in [5, 5.41) is 0. The van der Waals surface area contributed by atoms with Gasteiger partial charge in [0.25, 0.3) is 0 Å². The van der Waals surface area contributed by atoms with Crippen molar-refractivity contribution >= 4 is 11.9 Å². The zero-order chi connectivity index (χ0) is 19.8. The first kappa shape index (κ1) is 18.9. The van der Waals surface area contributed by atoms with Crippen molar-refractivity contribution < 1.29 is 23.8 Å². The maximum absolute atomic E-state index is 11.8. The molecule has 4 saturated carbocycles. The highest BCUT2D eigenvalue weighted by atomic mass is 16.6. The number of hydrogen-bond donors (Lipinski definition) is 0. The lowest BCUT2D eigenvalue weighted by molar-refractivity contribution is -0.174. The van der Waals surface area contributed by atoms with Crippen LogP contribution in [0.25, 0.3) is 0 Å². The van der Waals surface area contributed by atoms with E-state index in [-0.39, 0.29) is 29.6 Å². The van der Waals surface area contributed by atoms with Gasteiger partial charge in [-0.1, -0.05) is 13.8 Å². The first-order chi connectivity index (χ1) is 13.2. The molecule has 5 fully saturated rings. The third-order valence-corrected chi connectivity index (χ3v) is 9.43. The zero-order valence-corrected chi connectivity index (χ0v) is 17.6. The lowest BCUT2D eigenvalue weighted by Gasteiger charge is -2.59. The maximum Gasteiger partial charge on any atom is 0.303 e. The molecule has 5 aliphatic rings. The number of carbonyl (C=O) groups is 2. The van der Waals surface area contributed by atoms with E-state index >= 15 is 0 Å². The van der Waals surface area contributed by atoms with Gasteiger partial charge in [-0.2, -0.15) is 0 Å². The number of hydrogen-bond acceptors (Lipinski definition) is 5. The second kappa shape index (κ2) is 6.20. The minimum atomic E-state index is -0.312. The van der Waals surface area contributed by atoms with Gasteiger partial charge in [0.1, 0.15) is 12.2 Å². The SMILES string of the molecule is CC(=O)O[C@@H]1CC2C3CCC4C[C@@H]5O[C@@H]5CC4(C)C3CCC2(C)[C@H]1OC(C)=O. The van der Waals surface area contributed by atoms with Gasteiger partial charge >= 0.3 is 11.9 Å². The Morgan fingerprint density at radius 2 is 1.64 bits per heavy atom. The molecule has 5 nitrogen and oxygen atoms in total. The van der Waals surface area contributed by atoms with Gasteiger partial charge in [-0.15, -0.1) is 0 Å². The Hall–Kier alpha value is -1.10. The highest BCUT2D eigenvalue weighted by Crippen LogP contribution is 2.68. The van der Waals surface area contributed by atoms with Gasteiger partial charge in [-0.25, -0.2) is 0 Å². The number of ether oxygens (including phenoxy) is 3. The zero-order valence-electron chi connectivity index (χ0n) is 17.6. The lowest BCUT2D eigenvalue weighted by Crippen LogP contribution is -2.54. The van der Waals surface area contributed by atoms with Gasteiger partial charge in [0.05, 0.1) is 12.2 Å². The largest absolute Gasteiger partial charge is 0.459 e. The average Bonchev–Trinajstić information content (AvgIpc) is 3.29. The van der Waals surface area contributed by atoms with E-state index in [4.69, 9.17) is 14.2 Å². The van der Waals surface area contributed by atoms with Crippen LogP contribution in [0.15, 0.2) is 0 Å². The van der Waals surface area contributed by atoms with E-state index in [9.17, 15) is 9.59 Å². The molecule has 28 heavy (non-hydrogen) atoms. The van der Waals surface area contributed by atoms with Crippen LogP contribution in [0.4, 0.5) is 0 Å². The van der Waals surface area contributed by atoms with Crippen molar-refractivity contribution in [3.63, 3.8) is 0 Å². The molecule has 0 aromatic heterocycles. The van der Waals surface area contributed by atoms with E-state index in [2.05, 4.69) is 13.8 Å². The predicted molar refractivity (Wildman–Crippen MR) is 102 cm³/mol. The summed E-state index contributed by atoms with van der Waals surface area (Å²) >= 11 is 0. The van der Waals surface area contributed by atoms with Crippen LogP contribution in [0.5, 0.6) is 0 Å². The first-order valence-corrected chi connectivity index (χ1v) is 11.2. The molecule has 0 amide bonds. The molecule has 1 saturated heterocycles. The minimum absolute atomic E-state index is 0.0938. The number of carbonyl (C=O) groups excluding carboxylic acids is 2. The molecular formula is C23H34O5. The molecule has 0 radical (unpaired) electrons. The van der Waals surface area contributed by atoms with Crippen molar-refractivity contribution in [1.82, 2.24) is 0 Å². The highest BCUT2D eigenvalue weighted by molar-refractivity contribution is 5.67. The van der Waals surface area contributed by atoms with Gasteiger partial charge in [-0.3, -0.25) is 9.59 Å². The van der Waals surface area contributed by atoms with Crippen molar-refractivity contribution in [2.45, 2.75) is 97.1 Å². The maximum atomic E-state index is 11.8. The van der Waals surface area contributed by atoms with E-state index in [0.717, 1.165) is 18.8 Å². The van der Waals surface area contributed by atoms with Crippen LogP contribution in [0.3, 0.4) is 0 Å². The van der Waals surface area contributed by atoms with Crippen LogP contribution in [0, 0.1) is 34.5 Å². The molecule has 0 aromatic rings. The Balaban J connectivity index is 1.44. The van der Waals surface area contributed by atoms with Crippen LogP contribution >= 0.6 is 0 Å². The van der Waals surface area contributed by atoms with Crippen molar-refractivity contribution in [1.29, 1.82) is 0 Å². The molecule has 5 heteroatoms. The molecule has 0 aromatic carbocycles. The minimum Gasteiger partial charge on any atom is -0.459 e. The molecule has 0 N–H and O–H groups in total. The molecule has 6 unspecified atom stereocenters. The second-order valence-electron chi connectivity index (χ2n) is 10.8. The van der Waals surface area contributed by atoms with Gasteiger partial charge in [-0.05, 0) is 74.0 Å². The fourth-order valence-corrected chi connectivity index (χ4v) is 8.18. The van der Waals surface area contributed by atoms with E-state index < -0.39 is 0 Å². The van der Waals surface area contributed by atoms with Crippen LogP contribution < -0.4 is 0 Å². The van der Waals surface area contributed by atoms with E-state index in [1.54, 1.807) is 0 Å². The molecule has 1 heterocycles. The summed E-state index contributed by atoms with van der Waals surface area (Å²) in [5.74, 6) is 2.04. The van der Waals surface area contributed by atoms with Gasteiger partial charge < -0.3 is 14.2 Å². The predicted octanol–water partition coefficient (Wildman–Crippen LogP) is 3.88. The summed E-state index contributed by atoms with van der Waals surface area (Å²) in [6.07, 6.45) is 8.49. The smallest absolute Gasteiger partial charge is 0.303 e. The normalized spacial score (nSPS) is 53.9. The Labute approximate surface area is 167 Å². The third kappa shape index (κ3) is 2.68. The summed E-state index contributed by atoms with van der Waals surface area (Å²) < 4.78 is 17.4. The molecule has 0 spiro atoms. The molecule has 0 bridgehead atoms. The standard InChI is InChI=1S/C23H34O5/c1-12(24)26-19-10-17-15-6-5-14-9-18-20(28-18)11-23(14,4)16(15)7-8-22(17,3)21(19)27-13(2)25/h14-21H,5-11H2,1-4H3/t14?,15?,16?,17?,18-,19+,20+,21-,22?,23?/m0/s1. The van der Waals surface area contributed by atoms with Gasteiger partial charge in [0, 0.05) is 19.3 Å². The third-order valence-electron chi connectivity index (χ3n) is 9.43. The van der Waals surface area contributed by atoms with Crippen LogP contribution in [-0.2, 0) is 23.8 Å². The second-order valence-corrected chi connectivity index (χ2v) is 10.8. The Morgan fingerprint density at radius 3 is 2.36 bits per heavy atom. The highest BCUT2D eigenvalue weighted by Gasteiger charge is 2.66. The van der Waals surface area contributed by atoms with Crippen molar-refractivity contribution in [2.75, 3.05) is 0 Å². The number of esters is 2. The van der Waals surface area contributed by atoms with Crippen molar-refractivity contribution in [2.24, 2.45) is 34.5 Å². The molecule has 156 valence electrons. The summed E-state index contributed by atoms with van der Waals surface area (Å²) in [4.78, 5) is 23.6. The molecule has 10 atom stereocenters. The topological polar surface area (TPSA) is 65.1 Å². The monoisotopic (exact) mass is 390 g/mol. The molecule has 1 aliphatic heterocycles. The summed E-state index contributed by atoms with van der Waals surface area (Å²) in [7, 11) is 0. The number of rotatable bonds is 2. The molecular weight excluding hydrogens is 356 g/mol. The van der Waals surface area contributed by atoms with E-state index in [1.165, 1.54) is 46.0 Å². The summed E-state index contributed by atoms with van der Waals surface area (Å²) in [6, 6.07) is 0. The van der Waals surface area contributed by atoms with Crippen molar-refractivity contribution in [3.05, 3.63) is 0 Å². The quantitative estimate of drug-likeness (QED) is 0.529. The number of epoxide rings is 1. The van der Waals surface area contributed by atoms with Gasteiger partial charge in [0.15, 0.2) is 0 Å².